The van der Waals surface area contributed by atoms with Gasteiger partial charge in [-0.2, -0.15) is 0 Å². The maximum atomic E-state index is 11.4. The number of amides is 1. The van der Waals surface area contributed by atoms with Gasteiger partial charge < -0.3 is 25.5 Å². The SMILES string of the molecule is C[C@H](Oc1cc2c3c(c1)nc(-c1ccc4nc(N)nnc4c1)n3CCCCO2)C(N)=O. The minimum atomic E-state index is -0.765. The van der Waals surface area contributed by atoms with E-state index in [-0.39, 0.29) is 5.95 Å². The Hall–Kier alpha value is -3.95. The highest BCUT2D eigenvalue weighted by Gasteiger charge is 2.21. The highest BCUT2D eigenvalue weighted by molar-refractivity contribution is 5.89. The molecule has 1 atom stereocenters. The number of rotatable bonds is 4. The fourth-order valence-electron chi connectivity index (χ4n) is 3.73. The lowest BCUT2D eigenvalue weighted by Crippen LogP contribution is -2.30. The summed E-state index contributed by atoms with van der Waals surface area (Å²) in [5, 5.41) is 7.99. The molecule has 1 amide bonds. The van der Waals surface area contributed by atoms with Crippen LogP contribution in [0, 0.1) is 0 Å². The van der Waals surface area contributed by atoms with Crippen molar-refractivity contribution in [2.75, 3.05) is 12.3 Å². The van der Waals surface area contributed by atoms with Crippen LogP contribution in [0.3, 0.4) is 0 Å². The van der Waals surface area contributed by atoms with E-state index in [4.69, 9.17) is 25.9 Å². The first-order chi connectivity index (χ1) is 15.0. The normalized spacial score (nSPS) is 14.6. The van der Waals surface area contributed by atoms with E-state index in [2.05, 4.69) is 19.7 Å². The molecule has 5 rings (SSSR count). The zero-order valence-corrected chi connectivity index (χ0v) is 16.9. The van der Waals surface area contributed by atoms with Crippen LogP contribution in [0.5, 0.6) is 11.5 Å². The van der Waals surface area contributed by atoms with E-state index in [1.807, 2.05) is 18.2 Å². The van der Waals surface area contributed by atoms with Crippen LogP contribution in [0.2, 0.25) is 0 Å². The molecule has 31 heavy (non-hydrogen) atoms. The van der Waals surface area contributed by atoms with Gasteiger partial charge in [-0.15, -0.1) is 10.2 Å². The number of hydrogen-bond donors (Lipinski definition) is 2. The summed E-state index contributed by atoms with van der Waals surface area (Å²) in [6.45, 7) is 3.00. The van der Waals surface area contributed by atoms with Crippen molar-refractivity contribution in [1.29, 1.82) is 0 Å². The fourth-order valence-corrected chi connectivity index (χ4v) is 3.73. The molecule has 4 N–H and O–H groups in total. The van der Waals surface area contributed by atoms with Crippen molar-refractivity contribution in [3.63, 3.8) is 0 Å². The number of primary amides is 1. The summed E-state index contributed by atoms with van der Waals surface area (Å²) in [4.78, 5) is 20.5. The number of carbonyl (C=O) groups is 1. The third-order valence-electron chi connectivity index (χ3n) is 5.26. The molecule has 2 aromatic carbocycles. The Morgan fingerprint density at radius 3 is 2.84 bits per heavy atom. The number of imidazole rings is 1. The Labute approximate surface area is 177 Å². The van der Waals surface area contributed by atoms with Gasteiger partial charge >= 0.3 is 0 Å². The summed E-state index contributed by atoms with van der Waals surface area (Å²) in [6.07, 6.45) is 1.10. The van der Waals surface area contributed by atoms with Crippen LogP contribution >= 0.6 is 0 Å². The topological polar surface area (TPSA) is 144 Å². The number of aryl methyl sites for hydroxylation is 1. The highest BCUT2D eigenvalue weighted by atomic mass is 16.5. The number of anilines is 1. The number of hydrogen-bond acceptors (Lipinski definition) is 8. The predicted octanol–water partition coefficient (Wildman–Crippen LogP) is 2.05. The van der Waals surface area contributed by atoms with Crippen molar-refractivity contribution in [3.8, 4) is 22.9 Å². The molecule has 0 radical (unpaired) electrons. The standard InChI is InChI=1S/C21H21N7O3/c1-11(19(22)29)31-13-9-16-18-17(10-13)30-7-3-2-6-28(18)20(24-16)12-4-5-14-15(8-12)26-27-21(23)25-14/h4-5,8-11H,2-3,6-7H2,1H3,(H2,22,29)(H2,23,25,27)/t11-/m0/s1. The lowest BCUT2D eigenvalue weighted by Gasteiger charge is -2.18. The van der Waals surface area contributed by atoms with E-state index >= 15 is 0 Å². The summed E-state index contributed by atoms with van der Waals surface area (Å²) in [6, 6.07) is 9.27. The molecule has 0 unspecified atom stereocenters. The predicted molar refractivity (Wildman–Crippen MR) is 114 cm³/mol. The van der Waals surface area contributed by atoms with Gasteiger partial charge in [-0.3, -0.25) is 4.79 Å². The number of nitrogens with zero attached hydrogens (tertiary/aromatic N) is 5. The second-order valence-electron chi connectivity index (χ2n) is 7.47. The van der Waals surface area contributed by atoms with Gasteiger partial charge in [-0.05, 0) is 38.0 Å². The fraction of sp³-hybridized carbons (Fsp3) is 0.286. The summed E-state index contributed by atoms with van der Waals surface area (Å²) < 4.78 is 13.9. The molecule has 2 aromatic heterocycles. The van der Waals surface area contributed by atoms with Crippen molar-refractivity contribution in [1.82, 2.24) is 24.7 Å². The van der Waals surface area contributed by atoms with Crippen LogP contribution in [0.4, 0.5) is 5.95 Å². The molecule has 4 aromatic rings. The molecule has 10 nitrogen and oxygen atoms in total. The maximum absolute atomic E-state index is 11.4. The highest BCUT2D eigenvalue weighted by Crippen LogP contribution is 2.37. The van der Waals surface area contributed by atoms with Gasteiger partial charge in [0.25, 0.3) is 5.91 Å². The van der Waals surface area contributed by atoms with Gasteiger partial charge in [0.15, 0.2) is 6.10 Å². The Bertz CT molecular complexity index is 1320. The van der Waals surface area contributed by atoms with Crippen LogP contribution in [0.25, 0.3) is 33.5 Å². The zero-order valence-electron chi connectivity index (χ0n) is 16.9. The minimum absolute atomic E-state index is 0.133. The van der Waals surface area contributed by atoms with E-state index in [9.17, 15) is 4.79 Å². The first-order valence-corrected chi connectivity index (χ1v) is 10.0. The molecular formula is C21H21N7O3. The molecule has 0 bridgehead atoms. The summed E-state index contributed by atoms with van der Waals surface area (Å²) in [7, 11) is 0. The van der Waals surface area contributed by atoms with Gasteiger partial charge in [-0.1, -0.05) is 0 Å². The van der Waals surface area contributed by atoms with Crippen molar-refractivity contribution in [2.24, 2.45) is 5.73 Å². The molecule has 1 aliphatic heterocycles. The monoisotopic (exact) mass is 419 g/mol. The van der Waals surface area contributed by atoms with Gasteiger partial charge in [0.2, 0.25) is 5.95 Å². The van der Waals surface area contributed by atoms with Crippen molar-refractivity contribution in [2.45, 2.75) is 32.4 Å². The molecule has 158 valence electrons. The third kappa shape index (κ3) is 3.45. The summed E-state index contributed by atoms with van der Waals surface area (Å²) >= 11 is 0. The molecule has 0 saturated carbocycles. The maximum Gasteiger partial charge on any atom is 0.258 e. The largest absolute Gasteiger partial charge is 0.491 e. The van der Waals surface area contributed by atoms with Crippen LogP contribution in [-0.4, -0.2) is 43.4 Å². The van der Waals surface area contributed by atoms with Crippen LogP contribution in [0.1, 0.15) is 19.8 Å². The van der Waals surface area contributed by atoms with Gasteiger partial charge in [0.1, 0.15) is 28.4 Å². The van der Waals surface area contributed by atoms with E-state index in [1.165, 1.54) is 0 Å². The van der Waals surface area contributed by atoms with Crippen molar-refractivity contribution < 1.29 is 14.3 Å². The van der Waals surface area contributed by atoms with E-state index in [0.717, 1.165) is 36.3 Å². The van der Waals surface area contributed by atoms with E-state index in [1.54, 1.807) is 19.1 Å². The second kappa shape index (κ2) is 7.38. The molecule has 10 heteroatoms. The van der Waals surface area contributed by atoms with Crippen LogP contribution < -0.4 is 20.9 Å². The number of fused-ring (bicyclic) bond motifs is 1. The van der Waals surface area contributed by atoms with Crippen LogP contribution in [0.15, 0.2) is 30.3 Å². The molecule has 3 heterocycles. The van der Waals surface area contributed by atoms with Gasteiger partial charge in [0.05, 0.1) is 17.6 Å². The lowest BCUT2D eigenvalue weighted by molar-refractivity contribution is -0.123. The zero-order chi connectivity index (χ0) is 21.5. The van der Waals surface area contributed by atoms with Gasteiger partial charge in [-0.25, -0.2) is 9.97 Å². The Kier molecular flexibility index (Phi) is 4.54. The lowest BCUT2D eigenvalue weighted by atomic mass is 10.1. The molecule has 0 aliphatic carbocycles. The molecule has 0 fully saturated rings. The summed E-state index contributed by atoms with van der Waals surface area (Å²) in [5.41, 5.74) is 14.8. The number of benzene rings is 2. The minimum Gasteiger partial charge on any atom is -0.491 e. The first-order valence-electron chi connectivity index (χ1n) is 10.0. The number of carbonyl (C=O) groups excluding carboxylic acids is 1. The smallest absolute Gasteiger partial charge is 0.258 e. The second-order valence-corrected chi connectivity index (χ2v) is 7.47. The Morgan fingerprint density at radius 2 is 2.00 bits per heavy atom. The summed E-state index contributed by atoms with van der Waals surface area (Å²) in [5.74, 6) is 1.52. The van der Waals surface area contributed by atoms with Crippen molar-refractivity contribution >= 4 is 33.9 Å². The van der Waals surface area contributed by atoms with E-state index in [0.29, 0.717) is 34.7 Å². The molecule has 0 spiro atoms. The number of aromatic nitrogens is 5. The molecule has 0 saturated heterocycles. The number of nitrogens with two attached hydrogens (primary N) is 2. The quantitative estimate of drug-likeness (QED) is 0.511. The Morgan fingerprint density at radius 1 is 1.13 bits per heavy atom. The number of ether oxygens (including phenoxy) is 2. The van der Waals surface area contributed by atoms with Crippen LogP contribution in [-0.2, 0) is 11.3 Å². The molecule has 1 aliphatic rings. The number of nitrogen functional groups attached to an aromatic ring is 1. The average Bonchev–Trinajstić information content (AvgIpc) is 3.09. The van der Waals surface area contributed by atoms with E-state index < -0.39 is 12.0 Å². The molecular weight excluding hydrogens is 398 g/mol. The van der Waals surface area contributed by atoms with Crippen molar-refractivity contribution in [3.05, 3.63) is 30.3 Å². The first kappa shape index (κ1) is 19.0. The van der Waals surface area contributed by atoms with Gasteiger partial charge in [0, 0.05) is 24.2 Å². The third-order valence-corrected chi connectivity index (χ3v) is 5.26. The average molecular weight is 419 g/mol. The Balaban J connectivity index is 1.67.